The predicted octanol–water partition coefficient (Wildman–Crippen LogP) is 2.38. The normalized spacial score (nSPS) is 18.7. The first-order valence-electron chi connectivity index (χ1n) is 8.25. The maximum absolute atomic E-state index is 5.59. The minimum atomic E-state index is -0.300. The number of hydrogen-bond acceptors (Lipinski definition) is 6. The number of thiocarbonyl (C=S) groups is 1. The highest BCUT2D eigenvalue weighted by molar-refractivity contribution is 7.80. The van der Waals surface area contributed by atoms with Crippen LogP contribution >= 0.6 is 12.2 Å². The van der Waals surface area contributed by atoms with Crippen molar-refractivity contribution in [2.75, 3.05) is 11.6 Å². The van der Waals surface area contributed by atoms with Crippen LogP contribution in [-0.4, -0.2) is 32.6 Å². The number of imidazole rings is 1. The van der Waals surface area contributed by atoms with Crippen molar-refractivity contribution in [3.63, 3.8) is 0 Å². The summed E-state index contributed by atoms with van der Waals surface area (Å²) in [7, 11) is 0. The molecule has 1 fully saturated rings. The highest BCUT2D eigenvalue weighted by Crippen LogP contribution is 2.32. The first-order valence-corrected chi connectivity index (χ1v) is 8.66. The van der Waals surface area contributed by atoms with Crippen molar-refractivity contribution < 1.29 is 0 Å². The maximum Gasteiger partial charge on any atom is 0.179 e. The summed E-state index contributed by atoms with van der Waals surface area (Å²) in [5.41, 5.74) is 4.46. The summed E-state index contributed by atoms with van der Waals surface area (Å²) in [6.07, 6.45) is 1.67. The van der Waals surface area contributed by atoms with Crippen molar-refractivity contribution >= 4 is 39.9 Å². The average Bonchev–Trinajstić information content (AvgIpc) is 3.25. The fourth-order valence-corrected chi connectivity index (χ4v) is 3.39. The summed E-state index contributed by atoms with van der Waals surface area (Å²) >= 11 is 5.59. The molecule has 0 saturated carbocycles. The molecule has 0 radical (unpaired) electrons. The van der Waals surface area contributed by atoms with Crippen LogP contribution in [0.2, 0.25) is 0 Å². The van der Waals surface area contributed by atoms with Crippen LogP contribution in [0.1, 0.15) is 17.4 Å². The van der Waals surface area contributed by atoms with E-state index < -0.39 is 0 Å². The SMILES string of the molecule is Cc1cccc(C2C(=NCN=NN)NC(=S)N2c2ccc3nc[nH]c3c2)n1. The van der Waals surface area contributed by atoms with E-state index in [1.54, 1.807) is 6.33 Å². The minimum Gasteiger partial charge on any atom is -0.345 e. The fourth-order valence-electron chi connectivity index (χ4n) is 3.08. The molecule has 1 atom stereocenters. The minimum absolute atomic E-state index is 0.108. The van der Waals surface area contributed by atoms with Gasteiger partial charge in [-0.05, 0) is 49.5 Å². The zero-order valence-corrected chi connectivity index (χ0v) is 15.3. The third kappa shape index (κ3) is 3.22. The molecule has 1 unspecified atom stereocenters. The third-order valence-corrected chi connectivity index (χ3v) is 4.53. The van der Waals surface area contributed by atoms with Crippen LogP contribution in [0.3, 0.4) is 0 Å². The smallest absolute Gasteiger partial charge is 0.179 e. The second-order valence-electron chi connectivity index (χ2n) is 5.95. The first-order chi connectivity index (χ1) is 13.2. The summed E-state index contributed by atoms with van der Waals surface area (Å²) in [5.74, 6) is 5.73. The van der Waals surface area contributed by atoms with E-state index in [1.807, 2.05) is 48.2 Å². The van der Waals surface area contributed by atoms with Gasteiger partial charge in [-0.15, -0.1) is 5.11 Å². The number of H-pyrrole nitrogens is 1. The van der Waals surface area contributed by atoms with Crippen LogP contribution < -0.4 is 16.1 Å². The van der Waals surface area contributed by atoms with Crippen molar-refractivity contribution in [2.45, 2.75) is 13.0 Å². The number of hydrogen-bond donors (Lipinski definition) is 3. The van der Waals surface area contributed by atoms with Gasteiger partial charge < -0.3 is 21.0 Å². The van der Waals surface area contributed by atoms with E-state index in [0.717, 1.165) is 28.1 Å². The second kappa shape index (κ2) is 7.08. The number of anilines is 1. The average molecular weight is 379 g/mol. The zero-order valence-electron chi connectivity index (χ0n) is 14.5. The molecule has 0 bridgehead atoms. The van der Waals surface area contributed by atoms with Crippen LogP contribution in [0.4, 0.5) is 5.69 Å². The van der Waals surface area contributed by atoms with E-state index in [-0.39, 0.29) is 12.7 Å². The van der Waals surface area contributed by atoms with Gasteiger partial charge in [0.15, 0.2) is 11.8 Å². The van der Waals surface area contributed by atoms with E-state index in [0.29, 0.717) is 10.9 Å². The number of pyridine rings is 1. The monoisotopic (exact) mass is 379 g/mol. The molecule has 0 aliphatic carbocycles. The van der Waals surface area contributed by atoms with Crippen molar-refractivity contribution in [3.05, 3.63) is 54.1 Å². The molecule has 10 heteroatoms. The highest BCUT2D eigenvalue weighted by Gasteiger charge is 2.37. The fraction of sp³-hybridized carbons (Fsp3) is 0.176. The van der Waals surface area contributed by atoms with Gasteiger partial charge in [0.1, 0.15) is 11.9 Å². The standard InChI is InChI=1S/C17H17N9S/c1-10-3-2-4-13(23-10)15-16(21-9-22-25-18)24-17(27)26(15)11-5-6-12-14(7-11)20-8-19-12/h2-8,15H,9H2,1H3,(H2,18,22)(H,19,20)(H,21,24,27). The van der Waals surface area contributed by atoms with Crippen LogP contribution in [0.5, 0.6) is 0 Å². The molecule has 0 spiro atoms. The number of rotatable bonds is 4. The summed E-state index contributed by atoms with van der Waals surface area (Å²) in [6.45, 7) is 2.06. The zero-order chi connectivity index (χ0) is 18.8. The second-order valence-corrected chi connectivity index (χ2v) is 6.34. The van der Waals surface area contributed by atoms with Gasteiger partial charge in [-0.3, -0.25) is 4.98 Å². The number of aromatic amines is 1. The largest absolute Gasteiger partial charge is 0.345 e. The highest BCUT2D eigenvalue weighted by atomic mass is 32.1. The number of aromatic nitrogens is 3. The lowest BCUT2D eigenvalue weighted by molar-refractivity contribution is 0.857. The molecule has 27 heavy (non-hydrogen) atoms. The molecule has 2 aromatic heterocycles. The Morgan fingerprint density at radius 3 is 3.00 bits per heavy atom. The van der Waals surface area contributed by atoms with Gasteiger partial charge in [0.2, 0.25) is 0 Å². The molecule has 1 aromatic carbocycles. The summed E-state index contributed by atoms with van der Waals surface area (Å²) in [5, 5.41) is 10.7. The van der Waals surface area contributed by atoms with E-state index in [2.05, 4.69) is 35.6 Å². The Kier molecular flexibility index (Phi) is 4.47. The first kappa shape index (κ1) is 17.0. The van der Waals surface area contributed by atoms with Gasteiger partial charge in [-0.25, -0.2) is 9.98 Å². The Morgan fingerprint density at radius 1 is 1.30 bits per heavy atom. The number of fused-ring (bicyclic) bond motifs is 1. The number of benzene rings is 1. The van der Waals surface area contributed by atoms with Crippen LogP contribution in [0.25, 0.3) is 11.0 Å². The van der Waals surface area contributed by atoms with Crippen LogP contribution in [-0.2, 0) is 0 Å². The lowest BCUT2D eigenvalue weighted by Crippen LogP contribution is -2.29. The number of nitrogens with one attached hydrogen (secondary N) is 2. The quantitative estimate of drug-likeness (QED) is 0.277. The van der Waals surface area contributed by atoms with Gasteiger partial charge in [0, 0.05) is 11.4 Å². The molecular formula is C17H17N9S. The Hall–Kier alpha value is -3.40. The molecule has 4 N–H and O–H groups in total. The Balaban J connectivity index is 1.81. The third-order valence-electron chi connectivity index (χ3n) is 4.23. The van der Waals surface area contributed by atoms with Crippen LogP contribution in [0, 0.1) is 6.92 Å². The summed E-state index contributed by atoms with van der Waals surface area (Å²) in [4.78, 5) is 18.5. The van der Waals surface area contributed by atoms with Gasteiger partial charge >= 0.3 is 0 Å². The Bertz CT molecular complexity index is 1060. The number of aryl methyl sites for hydroxylation is 1. The van der Waals surface area contributed by atoms with Crippen molar-refractivity contribution in [2.24, 2.45) is 21.2 Å². The molecule has 0 amide bonds. The molecule has 3 aromatic rings. The molecule has 3 heterocycles. The number of amidine groups is 1. The Morgan fingerprint density at radius 2 is 2.19 bits per heavy atom. The van der Waals surface area contributed by atoms with Gasteiger partial charge in [-0.2, -0.15) is 0 Å². The van der Waals surface area contributed by atoms with Crippen molar-refractivity contribution in [1.29, 1.82) is 0 Å². The van der Waals surface area contributed by atoms with Gasteiger partial charge in [0.25, 0.3) is 0 Å². The van der Waals surface area contributed by atoms with E-state index in [4.69, 9.17) is 18.1 Å². The van der Waals surface area contributed by atoms with Gasteiger partial charge in [0.05, 0.1) is 23.1 Å². The number of nitrogens with zero attached hydrogens (tertiary/aromatic N) is 6. The van der Waals surface area contributed by atoms with E-state index >= 15 is 0 Å². The molecule has 4 rings (SSSR count). The lowest BCUT2D eigenvalue weighted by atomic mass is 10.1. The topological polar surface area (TPSA) is 120 Å². The molecular weight excluding hydrogens is 362 g/mol. The lowest BCUT2D eigenvalue weighted by Gasteiger charge is -2.24. The van der Waals surface area contributed by atoms with E-state index in [9.17, 15) is 0 Å². The molecule has 1 aliphatic rings. The molecule has 1 saturated heterocycles. The maximum atomic E-state index is 5.59. The predicted molar refractivity (Wildman–Crippen MR) is 107 cm³/mol. The van der Waals surface area contributed by atoms with Crippen molar-refractivity contribution in [1.82, 2.24) is 20.3 Å². The molecule has 9 nitrogen and oxygen atoms in total. The summed E-state index contributed by atoms with van der Waals surface area (Å²) < 4.78 is 0. The summed E-state index contributed by atoms with van der Waals surface area (Å²) in [6, 6.07) is 11.5. The Labute approximate surface area is 160 Å². The van der Waals surface area contributed by atoms with E-state index in [1.165, 1.54) is 0 Å². The molecule has 136 valence electrons. The number of aliphatic imine (C=N–C) groups is 1. The van der Waals surface area contributed by atoms with Crippen molar-refractivity contribution in [3.8, 4) is 0 Å². The van der Waals surface area contributed by atoms with Gasteiger partial charge in [-0.1, -0.05) is 11.3 Å². The van der Waals surface area contributed by atoms with Crippen LogP contribution in [0.15, 0.2) is 58.1 Å². The molecule has 1 aliphatic heterocycles. The number of nitrogens with two attached hydrogens (primary N) is 1.